The number of rotatable bonds is 9. The lowest BCUT2D eigenvalue weighted by atomic mass is 10.0. The highest BCUT2D eigenvalue weighted by Gasteiger charge is 2.20. The number of carbonyl (C=O) groups excluding carboxylic acids is 1. The van der Waals surface area contributed by atoms with Gasteiger partial charge in [0.15, 0.2) is 0 Å². The van der Waals surface area contributed by atoms with E-state index in [0.29, 0.717) is 6.61 Å². The van der Waals surface area contributed by atoms with Gasteiger partial charge < -0.3 is 19.9 Å². The van der Waals surface area contributed by atoms with E-state index in [1.165, 1.54) is 7.11 Å². The third kappa shape index (κ3) is 5.33. The first-order chi connectivity index (χ1) is 11.6. The molecule has 1 atom stereocenters. The van der Waals surface area contributed by atoms with Crippen LogP contribution in [0.5, 0.6) is 0 Å². The molecule has 1 amide bonds. The Balaban J connectivity index is 1.96. The van der Waals surface area contributed by atoms with Crippen molar-refractivity contribution in [2.24, 2.45) is 0 Å². The van der Waals surface area contributed by atoms with E-state index in [4.69, 9.17) is 9.47 Å². The van der Waals surface area contributed by atoms with Gasteiger partial charge in [0.2, 0.25) is 5.91 Å². The first-order valence-electron chi connectivity index (χ1n) is 7.66. The molecule has 0 saturated carbocycles. The monoisotopic (exact) mass is 331 g/mol. The summed E-state index contributed by atoms with van der Waals surface area (Å²) >= 11 is 0. The van der Waals surface area contributed by atoms with Crippen LogP contribution < -0.4 is 5.32 Å². The molecule has 0 aliphatic carbocycles. The fraction of sp³-hybridized carbons (Fsp3) is 0.333. The summed E-state index contributed by atoms with van der Waals surface area (Å²) < 4.78 is 9.90. The Morgan fingerprint density at radius 2 is 1.88 bits per heavy atom. The molecule has 0 spiro atoms. The van der Waals surface area contributed by atoms with Gasteiger partial charge in [-0.05, 0) is 16.3 Å². The average Bonchev–Trinajstić information content (AvgIpc) is 2.58. The largest absolute Gasteiger partial charge is 0.480 e. The molecule has 2 rings (SSSR count). The Labute approximate surface area is 140 Å². The summed E-state index contributed by atoms with van der Waals surface area (Å²) in [5.74, 6) is -1.53. The van der Waals surface area contributed by atoms with E-state index in [-0.39, 0.29) is 19.6 Å². The topological polar surface area (TPSA) is 84.9 Å². The highest BCUT2D eigenvalue weighted by atomic mass is 16.5. The Morgan fingerprint density at radius 3 is 2.58 bits per heavy atom. The number of carbonyl (C=O) groups is 2. The number of benzene rings is 2. The summed E-state index contributed by atoms with van der Waals surface area (Å²) in [5.41, 5.74) is 0.849. The lowest BCUT2D eigenvalue weighted by Gasteiger charge is -2.15. The Hall–Kier alpha value is -2.44. The fourth-order valence-electron chi connectivity index (χ4n) is 2.34. The smallest absolute Gasteiger partial charge is 0.326 e. The van der Waals surface area contributed by atoms with Crippen molar-refractivity contribution >= 4 is 22.6 Å². The molecule has 0 radical (unpaired) electrons. The van der Waals surface area contributed by atoms with Crippen molar-refractivity contribution in [2.75, 3.05) is 26.9 Å². The minimum atomic E-state index is -1.08. The van der Waals surface area contributed by atoms with E-state index in [9.17, 15) is 14.7 Å². The maximum Gasteiger partial charge on any atom is 0.326 e. The maximum absolute atomic E-state index is 11.8. The molecule has 6 nitrogen and oxygen atoms in total. The standard InChI is InChI=1S/C18H21NO5/c1-23-8-9-24-12-17(20)19-16(18(21)22)11-13-6-7-14-4-2-3-5-15(14)10-13/h2-7,10,16H,8-9,11-12H2,1H3,(H,19,20)(H,21,22)/t16-/m0/s1. The first-order valence-corrected chi connectivity index (χ1v) is 7.66. The van der Waals surface area contributed by atoms with Crippen molar-refractivity contribution < 1.29 is 24.2 Å². The SMILES string of the molecule is COCCOCC(=O)N[C@@H](Cc1ccc2ccccc2c1)C(=O)O. The van der Waals surface area contributed by atoms with Gasteiger partial charge in [0.1, 0.15) is 12.6 Å². The lowest BCUT2D eigenvalue weighted by Crippen LogP contribution is -2.44. The van der Waals surface area contributed by atoms with Gasteiger partial charge in [-0.25, -0.2) is 4.79 Å². The van der Waals surface area contributed by atoms with Crippen LogP contribution in [-0.4, -0.2) is 50.0 Å². The lowest BCUT2D eigenvalue weighted by molar-refractivity contribution is -0.142. The summed E-state index contributed by atoms with van der Waals surface area (Å²) in [5, 5.41) is 13.9. The molecule has 0 aliphatic heterocycles. The number of carboxylic acid groups (broad SMARTS) is 1. The molecule has 0 fully saturated rings. The number of amides is 1. The zero-order valence-electron chi connectivity index (χ0n) is 13.5. The van der Waals surface area contributed by atoms with Crippen LogP contribution in [0.3, 0.4) is 0 Å². The van der Waals surface area contributed by atoms with Gasteiger partial charge in [-0.2, -0.15) is 0 Å². The molecule has 128 valence electrons. The fourth-order valence-corrected chi connectivity index (χ4v) is 2.34. The second kappa shape index (κ2) is 9.00. The second-order valence-electron chi connectivity index (χ2n) is 5.39. The number of methoxy groups -OCH3 is 1. The number of hydrogen-bond donors (Lipinski definition) is 2. The highest BCUT2D eigenvalue weighted by Crippen LogP contribution is 2.16. The number of nitrogens with one attached hydrogen (secondary N) is 1. The predicted octanol–water partition coefficient (Wildman–Crippen LogP) is 1.61. The Bertz CT molecular complexity index is 701. The van der Waals surface area contributed by atoms with Crippen molar-refractivity contribution in [3.63, 3.8) is 0 Å². The minimum absolute atomic E-state index is 0.190. The van der Waals surface area contributed by atoms with E-state index < -0.39 is 17.9 Å². The summed E-state index contributed by atoms with van der Waals surface area (Å²) in [4.78, 5) is 23.2. The van der Waals surface area contributed by atoms with E-state index >= 15 is 0 Å². The molecule has 6 heteroatoms. The molecule has 2 aromatic carbocycles. The Morgan fingerprint density at radius 1 is 1.12 bits per heavy atom. The summed E-state index contributed by atoms with van der Waals surface area (Å²) in [6.45, 7) is 0.476. The number of aliphatic carboxylic acids is 1. The quantitative estimate of drug-likeness (QED) is 0.682. The number of fused-ring (bicyclic) bond motifs is 1. The normalized spacial score (nSPS) is 12.0. The highest BCUT2D eigenvalue weighted by molar-refractivity contribution is 5.85. The molecular weight excluding hydrogens is 310 g/mol. The summed E-state index contributed by atoms with van der Waals surface area (Å²) in [6.07, 6.45) is 0.212. The van der Waals surface area contributed by atoms with Crippen molar-refractivity contribution in [2.45, 2.75) is 12.5 Å². The van der Waals surface area contributed by atoms with Crippen LogP contribution >= 0.6 is 0 Å². The van der Waals surface area contributed by atoms with Crippen LogP contribution in [0.2, 0.25) is 0 Å². The van der Waals surface area contributed by atoms with Gasteiger partial charge in [0.05, 0.1) is 13.2 Å². The van der Waals surface area contributed by atoms with Gasteiger partial charge in [-0.1, -0.05) is 42.5 Å². The average molecular weight is 331 g/mol. The molecule has 0 unspecified atom stereocenters. The van der Waals surface area contributed by atoms with Crippen LogP contribution in [0.1, 0.15) is 5.56 Å². The van der Waals surface area contributed by atoms with E-state index in [1.807, 2.05) is 42.5 Å². The van der Waals surface area contributed by atoms with E-state index in [1.54, 1.807) is 0 Å². The molecule has 2 aromatic rings. The van der Waals surface area contributed by atoms with Gasteiger partial charge in [0, 0.05) is 13.5 Å². The van der Waals surface area contributed by atoms with Gasteiger partial charge >= 0.3 is 5.97 Å². The summed E-state index contributed by atoms with van der Waals surface area (Å²) in [7, 11) is 1.54. The third-order valence-corrected chi connectivity index (χ3v) is 3.55. The zero-order chi connectivity index (χ0) is 17.4. The molecular formula is C18H21NO5. The molecule has 0 bridgehead atoms. The van der Waals surface area contributed by atoms with Crippen molar-refractivity contribution in [3.8, 4) is 0 Å². The third-order valence-electron chi connectivity index (χ3n) is 3.55. The number of carboxylic acids is 1. The molecule has 0 saturated heterocycles. The van der Waals surface area contributed by atoms with Crippen LogP contribution in [-0.2, 0) is 25.5 Å². The maximum atomic E-state index is 11.8. The second-order valence-corrected chi connectivity index (χ2v) is 5.39. The van der Waals surface area contributed by atoms with Crippen molar-refractivity contribution in [1.29, 1.82) is 0 Å². The van der Waals surface area contributed by atoms with E-state index in [2.05, 4.69) is 5.32 Å². The number of ether oxygens (including phenoxy) is 2. The van der Waals surface area contributed by atoms with Crippen molar-refractivity contribution in [3.05, 3.63) is 48.0 Å². The molecule has 0 aromatic heterocycles. The molecule has 0 aliphatic rings. The van der Waals surface area contributed by atoms with Crippen LogP contribution in [0.15, 0.2) is 42.5 Å². The van der Waals surface area contributed by atoms with E-state index in [0.717, 1.165) is 16.3 Å². The minimum Gasteiger partial charge on any atom is -0.480 e. The van der Waals surface area contributed by atoms with Crippen LogP contribution in [0, 0.1) is 0 Å². The molecule has 2 N–H and O–H groups in total. The Kier molecular flexibility index (Phi) is 6.72. The van der Waals surface area contributed by atoms with Gasteiger partial charge in [0.25, 0.3) is 0 Å². The molecule has 0 heterocycles. The molecule has 24 heavy (non-hydrogen) atoms. The van der Waals surface area contributed by atoms with Gasteiger partial charge in [-0.15, -0.1) is 0 Å². The van der Waals surface area contributed by atoms with Gasteiger partial charge in [-0.3, -0.25) is 4.79 Å². The van der Waals surface area contributed by atoms with Crippen LogP contribution in [0.25, 0.3) is 10.8 Å². The van der Waals surface area contributed by atoms with Crippen molar-refractivity contribution in [1.82, 2.24) is 5.32 Å². The number of hydrogen-bond acceptors (Lipinski definition) is 4. The zero-order valence-corrected chi connectivity index (χ0v) is 13.5. The predicted molar refractivity (Wildman–Crippen MR) is 89.9 cm³/mol. The van der Waals surface area contributed by atoms with Crippen LogP contribution in [0.4, 0.5) is 0 Å². The first kappa shape index (κ1) is 17.9. The summed E-state index contributed by atoms with van der Waals surface area (Å²) in [6, 6.07) is 12.6.